The first-order chi connectivity index (χ1) is 11.3. The van der Waals surface area contributed by atoms with E-state index in [1.807, 2.05) is 32.0 Å². The molecule has 0 fully saturated rings. The summed E-state index contributed by atoms with van der Waals surface area (Å²) >= 11 is 0. The predicted octanol–water partition coefficient (Wildman–Crippen LogP) is 2.52. The van der Waals surface area contributed by atoms with Crippen LogP contribution in [0.2, 0.25) is 0 Å². The number of amides is 1. The molecule has 0 saturated heterocycles. The molecule has 1 N–H and O–H groups in total. The summed E-state index contributed by atoms with van der Waals surface area (Å²) in [5.41, 5.74) is 2.33. The van der Waals surface area contributed by atoms with Gasteiger partial charge in [0.15, 0.2) is 9.84 Å². The van der Waals surface area contributed by atoms with Gasteiger partial charge in [0.05, 0.1) is 17.0 Å². The van der Waals surface area contributed by atoms with E-state index in [1.54, 1.807) is 12.1 Å². The third-order valence-electron chi connectivity index (χ3n) is 3.51. The lowest BCUT2D eigenvalue weighted by Gasteiger charge is -2.11. The van der Waals surface area contributed by atoms with E-state index >= 15 is 0 Å². The van der Waals surface area contributed by atoms with E-state index in [2.05, 4.69) is 5.32 Å². The van der Waals surface area contributed by atoms with Crippen LogP contribution in [0.5, 0.6) is 5.75 Å². The van der Waals surface area contributed by atoms with Gasteiger partial charge in [-0.1, -0.05) is 29.8 Å². The Morgan fingerprint density at radius 1 is 1.12 bits per heavy atom. The van der Waals surface area contributed by atoms with Crippen molar-refractivity contribution in [3.8, 4) is 5.75 Å². The molecule has 0 heterocycles. The van der Waals surface area contributed by atoms with Crippen molar-refractivity contribution in [3.05, 3.63) is 59.2 Å². The summed E-state index contributed by atoms with van der Waals surface area (Å²) in [6, 6.07) is 12.0. The van der Waals surface area contributed by atoms with E-state index in [0.29, 0.717) is 6.61 Å². The van der Waals surface area contributed by atoms with Crippen LogP contribution in [0.1, 0.15) is 21.5 Å². The number of benzene rings is 2. The Kier molecular flexibility index (Phi) is 5.62. The van der Waals surface area contributed by atoms with Crippen LogP contribution in [0.4, 0.5) is 0 Å². The van der Waals surface area contributed by atoms with Crippen LogP contribution in [-0.2, 0) is 9.84 Å². The summed E-state index contributed by atoms with van der Waals surface area (Å²) < 4.78 is 29.1. The average Bonchev–Trinajstić information content (AvgIpc) is 2.52. The lowest BCUT2D eigenvalue weighted by molar-refractivity contribution is 0.0943. The standard InChI is InChI=1S/C18H21NO4S/c1-13-8-9-16(14(2)12-13)23-11-10-19-18(20)15-6-4-5-7-17(15)24(3,21)22/h4-9,12H,10-11H2,1-3H3,(H,19,20). The van der Waals surface area contributed by atoms with E-state index in [-0.39, 0.29) is 17.0 Å². The molecule has 0 spiro atoms. The molecule has 2 aromatic carbocycles. The van der Waals surface area contributed by atoms with Gasteiger partial charge < -0.3 is 10.1 Å². The van der Waals surface area contributed by atoms with Gasteiger partial charge in [-0.25, -0.2) is 8.42 Å². The van der Waals surface area contributed by atoms with E-state index in [0.717, 1.165) is 23.1 Å². The van der Waals surface area contributed by atoms with Gasteiger partial charge in [0.2, 0.25) is 0 Å². The normalized spacial score (nSPS) is 11.1. The highest BCUT2D eigenvalue weighted by atomic mass is 32.2. The third kappa shape index (κ3) is 4.58. The maximum atomic E-state index is 12.2. The Morgan fingerprint density at radius 2 is 1.83 bits per heavy atom. The van der Waals surface area contributed by atoms with Gasteiger partial charge in [-0.3, -0.25) is 4.79 Å². The molecule has 5 nitrogen and oxygen atoms in total. The van der Waals surface area contributed by atoms with Gasteiger partial charge >= 0.3 is 0 Å². The first-order valence-corrected chi connectivity index (χ1v) is 9.45. The highest BCUT2D eigenvalue weighted by molar-refractivity contribution is 7.90. The molecule has 2 aromatic rings. The molecule has 0 aromatic heterocycles. The fraction of sp³-hybridized carbons (Fsp3) is 0.278. The van der Waals surface area contributed by atoms with Crippen LogP contribution in [-0.4, -0.2) is 33.7 Å². The first-order valence-electron chi connectivity index (χ1n) is 7.56. The molecule has 24 heavy (non-hydrogen) atoms. The fourth-order valence-electron chi connectivity index (χ4n) is 2.36. The molecule has 0 bridgehead atoms. The lowest BCUT2D eigenvalue weighted by Crippen LogP contribution is -2.29. The second kappa shape index (κ2) is 7.49. The van der Waals surface area contributed by atoms with Crippen molar-refractivity contribution < 1.29 is 17.9 Å². The summed E-state index contributed by atoms with van der Waals surface area (Å²) in [5, 5.41) is 2.68. The van der Waals surface area contributed by atoms with Crippen LogP contribution in [0.25, 0.3) is 0 Å². The van der Waals surface area contributed by atoms with Crippen molar-refractivity contribution >= 4 is 15.7 Å². The van der Waals surface area contributed by atoms with Crippen molar-refractivity contribution in [3.63, 3.8) is 0 Å². The molecule has 0 aliphatic carbocycles. The molecular weight excluding hydrogens is 326 g/mol. The lowest BCUT2D eigenvalue weighted by atomic mass is 10.1. The number of hydrogen-bond donors (Lipinski definition) is 1. The zero-order valence-electron chi connectivity index (χ0n) is 14.0. The topological polar surface area (TPSA) is 72.5 Å². The number of aryl methyl sites for hydroxylation is 2. The van der Waals surface area contributed by atoms with Crippen molar-refractivity contribution in [2.45, 2.75) is 18.7 Å². The van der Waals surface area contributed by atoms with Crippen molar-refractivity contribution in [2.75, 3.05) is 19.4 Å². The molecule has 0 atom stereocenters. The van der Waals surface area contributed by atoms with E-state index < -0.39 is 15.7 Å². The number of ether oxygens (including phenoxy) is 1. The molecule has 0 aliphatic heterocycles. The fourth-order valence-corrected chi connectivity index (χ4v) is 3.25. The largest absolute Gasteiger partial charge is 0.491 e. The third-order valence-corrected chi connectivity index (χ3v) is 4.66. The van der Waals surface area contributed by atoms with Crippen LogP contribution in [0.3, 0.4) is 0 Å². The zero-order chi connectivity index (χ0) is 17.7. The van der Waals surface area contributed by atoms with Gasteiger partial charge in [0.25, 0.3) is 5.91 Å². The number of hydrogen-bond acceptors (Lipinski definition) is 4. The number of rotatable bonds is 6. The zero-order valence-corrected chi connectivity index (χ0v) is 14.8. The number of carbonyl (C=O) groups excluding carboxylic acids is 1. The van der Waals surface area contributed by atoms with Crippen LogP contribution < -0.4 is 10.1 Å². The summed E-state index contributed by atoms with van der Waals surface area (Å²) in [5.74, 6) is 0.339. The van der Waals surface area contributed by atoms with E-state index in [1.165, 1.54) is 12.1 Å². The second-order valence-electron chi connectivity index (χ2n) is 5.64. The Hall–Kier alpha value is -2.34. The molecule has 0 unspecified atom stereocenters. The molecule has 0 saturated carbocycles. The smallest absolute Gasteiger partial charge is 0.252 e. The van der Waals surface area contributed by atoms with Crippen molar-refractivity contribution in [1.29, 1.82) is 0 Å². The van der Waals surface area contributed by atoms with Crippen LogP contribution >= 0.6 is 0 Å². The summed E-state index contributed by atoms with van der Waals surface area (Å²) in [7, 11) is -3.45. The molecule has 0 aliphatic rings. The molecule has 128 valence electrons. The maximum absolute atomic E-state index is 12.2. The van der Waals surface area contributed by atoms with Gasteiger partial charge in [-0.2, -0.15) is 0 Å². The first kappa shape index (κ1) is 18.0. The molecule has 6 heteroatoms. The van der Waals surface area contributed by atoms with Crippen molar-refractivity contribution in [2.24, 2.45) is 0 Å². The molecule has 1 amide bonds. The predicted molar refractivity (Wildman–Crippen MR) is 93.3 cm³/mol. The highest BCUT2D eigenvalue weighted by Gasteiger charge is 2.17. The summed E-state index contributed by atoms with van der Waals surface area (Å²) in [6.45, 7) is 4.56. The number of nitrogens with one attached hydrogen (secondary N) is 1. The van der Waals surface area contributed by atoms with Crippen LogP contribution in [0, 0.1) is 13.8 Å². The Labute approximate surface area is 142 Å². The Morgan fingerprint density at radius 3 is 2.50 bits per heavy atom. The Bertz CT molecular complexity index is 844. The molecular formula is C18H21NO4S. The molecule has 0 radical (unpaired) electrons. The van der Waals surface area contributed by atoms with E-state index in [9.17, 15) is 13.2 Å². The van der Waals surface area contributed by atoms with Crippen LogP contribution in [0.15, 0.2) is 47.4 Å². The number of sulfone groups is 1. The maximum Gasteiger partial charge on any atom is 0.252 e. The van der Waals surface area contributed by atoms with Gasteiger partial charge in [0.1, 0.15) is 12.4 Å². The summed E-state index contributed by atoms with van der Waals surface area (Å²) in [6.07, 6.45) is 1.09. The summed E-state index contributed by atoms with van der Waals surface area (Å²) in [4.78, 5) is 12.2. The highest BCUT2D eigenvalue weighted by Crippen LogP contribution is 2.18. The minimum Gasteiger partial charge on any atom is -0.491 e. The van der Waals surface area contributed by atoms with E-state index in [4.69, 9.17) is 4.74 Å². The minimum atomic E-state index is -3.45. The average molecular weight is 347 g/mol. The quantitative estimate of drug-likeness (QED) is 0.815. The monoisotopic (exact) mass is 347 g/mol. The molecule has 2 rings (SSSR count). The minimum absolute atomic E-state index is 0.0257. The Balaban J connectivity index is 1.95. The van der Waals surface area contributed by atoms with Crippen molar-refractivity contribution in [1.82, 2.24) is 5.32 Å². The van der Waals surface area contributed by atoms with Gasteiger partial charge in [0, 0.05) is 6.26 Å². The second-order valence-corrected chi connectivity index (χ2v) is 7.63. The van der Waals surface area contributed by atoms with Gasteiger partial charge in [-0.05, 0) is 37.6 Å². The number of carbonyl (C=O) groups is 1. The SMILES string of the molecule is Cc1ccc(OCCNC(=O)c2ccccc2S(C)(=O)=O)c(C)c1. The van der Waals surface area contributed by atoms with Gasteiger partial charge in [-0.15, -0.1) is 0 Å².